The largest absolute Gasteiger partial charge is 0.392 e. The van der Waals surface area contributed by atoms with Crippen molar-refractivity contribution in [1.29, 1.82) is 0 Å². The Bertz CT molecular complexity index is 579. The van der Waals surface area contributed by atoms with Gasteiger partial charge < -0.3 is 11.1 Å². The minimum atomic E-state index is -1.06. The lowest BCUT2D eigenvalue weighted by Gasteiger charge is -2.12. The van der Waals surface area contributed by atoms with Crippen LogP contribution in [0.1, 0.15) is 17.3 Å². The molecule has 20 heavy (non-hydrogen) atoms. The molecule has 0 aliphatic heterocycles. The van der Waals surface area contributed by atoms with Gasteiger partial charge in [0.15, 0.2) is 0 Å². The molecule has 0 saturated heterocycles. The summed E-state index contributed by atoms with van der Waals surface area (Å²) in [6.07, 6.45) is 1.52. The molecular weight excluding hydrogens is 306 g/mol. The van der Waals surface area contributed by atoms with Crippen LogP contribution in [0.2, 0.25) is 5.02 Å². The zero-order chi connectivity index (χ0) is 15.4. The Morgan fingerprint density at radius 1 is 1.60 bits per heavy atom. The fourth-order valence-corrected chi connectivity index (χ4v) is 2.59. The summed E-state index contributed by atoms with van der Waals surface area (Å²) in [7, 11) is -1.06. The first-order valence-corrected chi connectivity index (χ1v) is 7.67. The van der Waals surface area contributed by atoms with Gasteiger partial charge in [0.1, 0.15) is 5.69 Å². The Morgan fingerprint density at radius 3 is 2.70 bits per heavy atom. The van der Waals surface area contributed by atoms with Crippen molar-refractivity contribution in [3.8, 4) is 0 Å². The number of nitro groups is 1. The van der Waals surface area contributed by atoms with Crippen molar-refractivity contribution in [1.82, 2.24) is 5.32 Å². The first kappa shape index (κ1) is 16.4. The fourth-order valence-electron chi connectivity index (χ4n) is 1.59. The Morgan fingerprint density at radius 2 is 2.20 bits per heavy atom. The van der Waals surface area contributed by atoms with E-state index in [1.54, 1.807) is 6.92 Å². The second kappa shape index (κ2) is 6.67. The highest BCUT2D eigenvalue weighted by Gasteiger charge is 2.20. The molecule has 3 N–H and O–H groups in total. The number of carbonyl (C=O) groups excluding carboxylic acids is 1. The third-order valence-electron chi connectivity index (χ3n) is 2.43. The third-order valence-corrected chi connectivity index (χ3v) is 3.71. The number of rotatable bonds is 5. The molecule has 7 nitrogen and oxygen atoms in total. The fraction of sp³-hybridized carbons (Fsp3) is 0.364. The molecule has 0 bridgehead atoms. The summed E-state index contributed by atoms with van der Waals surface area (Å²) >= 11 is 5.77. The Balaban J connectivity index is 2.99. The van der Waals surface area contributed by atoms with Crippen LogP contribution in [0.25, 0.3) is 0 Å². The van der Waals surface area contributed by atoms with Crippen molar-refractivity contribution in [3.63, 3.8) is 0 Å². The van der Waals surface area contributed by atoms with Crippen LogP contribution >= 0.6 is 11.6 Å². The lowest BCUT2D eigenvalue weighted by atomic mass is 10.1. The highest BCUT2D eigenvalue weighted by molar-refractivity contribution is 7.84. The van der Waals surface area contributed by atoms with Gasteiger partial charge in [-0.05, 0) is 13.0 Å². The number of nitrogens with one attached hydrogen (secondary N) is 1. The van der Waals surface area contributed by atoms with Gasteiger partial charge in [0.05, 0.1) is 9.95 Å². The number of nitrogen functional groups attached to an aromatic ring is 1. The average molecular weight is 320 g/mol. The number of nitrogens with two attached hydrogens (primary N) is 1. The molecule has 0 saturated carbocycles. The molecule has 0 heterocycles. The van der Waals surface area contributed by atoms with Gasteiger partial charge in [-0.1, -0.05) is 11.6 Å². The molecule has 0 aliphatic carbocycles. The normalized spacial score (nSPS) is 13.6. The molecule has 0 spiro atoms. The van der Waals surface area contributed by atoms with E-state index in [2.05, 4.69) is 5.32 Å². The second-order valence-corrected chi connectivity index (χ2v) is 6.15. The van der Waals surface area contributed by atoms with E-state index in [0.29, 0.717) is 0 Å². The topological polar surface area (TPSA) is 115 Å². The van der Waals surface area contributed by atoms with Gasteiger partial charge in [0, 0.05) is 40.5 Å². The molecule has 1 aromatic rings. The summed E-state index contributed by atoms with van der Waals surface area (Å²) in [4.78, 5) is 22.0. The summed E-state index contributed by atoms with van der Waals surface area (Å²) in [5.74, 6) is -0.246. The van der Waals surface area contributed by atoms with Crippen molar-refractivity contribution in [2.45, 2.75) is 13.0 Å². The minimum Gasteiger partial charge on any atom is -0.392 e. The van der Waals surface area contributed by atoms with Crippen LogP contribution in [0, 0.1) is 10.1 Å². The van der Waals surface area contributed by atoms with Gasteiger partial charge in [-0.15, -0.1) is 0 Å². The van der Waals surface area contributed by atoms with Crippen molar-refractivity contribution >= 4 is 39.7 Å². The molecule has 9 heteroatoms. The maximum absolute atomic E-state index is 11.9. The lowest BCUT2D eigenvalue weighted by molar-refractivity contribution is -0.383. The number of carbonyl (C=O) groups is 1. The number of halogens is 1. The van der Waals surface area contributed by atoms with Crippen LogP contribution in [0.4, 0.5) is 11.4 Å². The molecule has 2 atom stereocenters. The second-order valence-electron chi connectivity index (χ2n) is 4.26. The van der Waals surface area contributed by atoms with Gasteiger partial charge in [0.25, 0.3) is 11.6 Å². The SMILES string of the molecule is CC(CS(C)=O)NC(=O)c1cc(Cl)c(N)c([N+](=O)[O-])c1. The molecule has 0 aromatic heterocycles. The van der Waals surface area contributed by atoms with Crippen LogP contribution in [-0.2, 0) is 10.8 Å². The predicted octanol–water partition coefficient (Wildman–Crippen LogP) is 1.33. The van der Waals surface area contributed by atoms with Crippen molar-refractivity contribution in [2.75, 3.05) is 17.7 Å². The van der Waals surface area contributed by atoms with E-state index in [4.69, 9.17) is 17.3 Å². The van der Waals surface area contributed by atoms with Crippen molar-refractivity contribution in [2.24, 2.45) is 0 Å². The van der Waals surface area contributed by atoms with E-state index < -0.39 is 27.3 Å². The molecule has 1 rings (SSSR count). The highest BCUT2D eigenvalue weighted by atomic mass is 35.5. The summed E-state index contributed by atoms with van der Waals surface area (Å²) < 4.78 is 11.0. The molecule has 0 radical (unpaired) electrons. The number of nitro benzene ring substituents is 1. The van der Waals surface area contributed by atoms with Crippen molar-refractivity contribution < 1.29 is 13.9 Å². The van der Waals surface area contributed by atoms with Crippen molar-refractivity contribution in [3.05, 3.63) is 32.8 Å². The molecule has 110 valence electrons. The predicted molar refractivity (Wildman–Crippen MR) is 78.4 cm³/mol. The van der Waals surface area contributed by atoms with Gasteiger partial charge in [-0.2, -0.15) is 0 Å². The number of anilines is 1. The number of nitrogens with zero attached hydrogens (tertiary/aromatic N) is 1. The average Bonchev–Trinajstić information content (AvgIpc) is 2.30. The zero-order valence-electron chi connectivity index (χ0n) is 10.9. The summed E-state index contributed by atoms with van der Waals surface area (Å²) in [5.41, 5.74) is 4.90. The minimum absolute atomic E-state index is 0.0321. The Labute approximate surface area is 123 Å². The zero-order valence-corrected chi connectivity index (χ0v) is 12.5. The Hall–Kier alpha value is -1.67. The van der Waals surface area contributed by atoms with Gasteiger partial charge in [0.2, 0.25) is 0 Å². The van der Waals surface area contributed by atoms with E-state index >= 15 is 0 Å². The van der Waals surface area contributed by atoms with Crippen LogP contribution in [0.3, 0.4) is 0 Å². The third kappa shape index (κ3) is 4.17. The monoisotopic (exact) mass is 319 g/mol. The van der Waals surface area contributed by atoms with E-state index in [-0.39, 0.29) is 28.1 Å². The molecule has 1 amide bonds. The first-order valence-electron chi connectivity index (χ1n) is 5.56. The molecule has 1 aromatic carbocycles. The molecule has 2 unspecified atom stereocenters. The van der Waals surface area contributed by atoms with E-state index in [1.807, 2.05) is 0 Å². The Kier molecular flexibility index (Phi) is 5.46. The standard InChI is InChI=1S/C11H14ClN3O4S/c1-6(5-20(2)19)14-11(16)7-3-8(12)10(13)9(4-7)15(17)18/h3-4,6H,5,13H2,1-2H3,(H,14,16). The van der Waals surface area contributed by atoms with Gasteiger partial charge in [-0.3, -0.25) is 19.1 Å². The number of benzene rings is 1. The quantitative estimate of drug-likeness (QED) is 0.482. The van der Waals surface area contributed by atoms with Crippen LogP contribution in [-0.4, -0.2) is 33.1 Å². The first-order chi connectivity index (χ1) is 9.22. The number of amides is 1. The van der Waals surface area contributed by atoms with E-state index in [9.17, 15) is 19.1 Å². The molecule has 0 aliphatic rings. The van der Waals surface area contributed by atoms with E-state index in [0.717, 1.165) is 6.07 Å². The van der Waals surface area contributed by atoms with Gasteiger partial charge in [-0.25, -0.2) is 0 Å². The maximum Gasteiger partial charge on any atom is 0.294 e. The van der Waals surface area contributed by atoms with Crippen LogP contribution in [0.5, 0.6) is 0 Å². The highest BCUT2D eigenvalue weighted by Crippen LogP contribution is 2.30. The summed E-state index contributed by atoms with van der Waals surface area (Å²) in [6.45, 7) is 1.69. The van der Waals surface area contributed by atoms with Gasteiger partial charge >= 0.3 is 0 Å². The maximum atomic E-state index is 11.9. The van der Waals surface area contributed by atoms with E-state index in [1.165, 1.54) is 12.3 Å². The number of hydrogen-bond donors (Lipinski definition) is 2. The smallest absolute Gasteiger partial charge is 0.294 e. The lowest BCUT2D eigenvalue weighted by Crippen LogP contribution is -2.36. The van der Waals surface area contributed by atoms with Crippen LogP contribution < -0.4 is 11.1 Å². The summed E-state index contributed by atoms with van der Waals surface area (Å²) in [6, 6.07) is 1.99. The molecule has 0 fully saturated rings. The summed E-state index contributed by atoms with van der Waals surface area (Å²) in [5, 5.41) is 13.3. The van der Waals surface area contributed by atoms with Crippen LogP contribution in [0.15, 0.2) is 12.1 Å². The number of hydrogen-bond acceptors (Lipinski definition) is 5. The molecular formula is C11H14ClN3O4S.